The smallest absolute Gasteiger partial charge is 0.253 e. The van der Waals surface area contributed by atoms with Gasteiger partial charge in [0.05, 0.1) is 24.5 Å². The lowest BCUT2D eigenvalue weighted by molar-refractivity contribution is 0.0782. The fourth-order valence-corrected chi connectivity index (χ4v) is 2.85. The summed E-state index contributed by atoms with van der Waals surface area (Å²) in [5.41, 5.74) is 4.95. The van der Waals surface area contributed by atoms with Gasteiger partial charge in [0.15, 0.2) is 0 Å². The molecule has 1 aromatic carbocycles. The Hall–Kier alpha value is -2.89. The molecule has 1 amide bonds. The van der Waals surface area contributed by atoms with Crippen molar-refractivity contribution in [2.45, 2.75) is 26.9 Å². The largest absolute Gasteiger partial charge is 0.336 e. The van der Waals surface area contributed by atoms with E-state index >= 15 is 0 Å². The van der Waals surface area contributed by atoms with Crippen LogP contribution >= 0.6 is 0 Å². The van der Waals surface area contributed by atoms with Gasteiger partial charge in [-0.3, -0.25) is 14.2 Å². The van der Waals surface area contributed by atoms with E-state index in [-0.39, 0.29) is 5.91 Å². The molecule has 3 aromatic rings. The molecule has 0 N–H and O–H groups in total. The molecule has 0 unspecified atom stereocenters. The second kappa shape index (κ2) is 6.93. The SMILES string of the molecule is Cc1cc(C)n(Cc2ccc(C(=O)N(C)Cc3ccnn3C)cc2)n1. The number of hydrogen-bond acceptors (Lipinski definition) is 3. The fraction of sp³-hybridized carbons (Fsp3) is 0.316. The second-order valence-electron chi connectivity index (χ2n) is 6.39. The van der Waals surface area contributed by atoms with E-state index in [2.05, 4.69) is 16.3 Å². The van der Waals surface area contributed by atoms with Crippen LogP contribution in [0.5, 0.6) is 0 Å². The van der Waals surface area contributed by atoms with E-state index in [1.54, 1.807) is 22.8 Å². The summed E-state index contributed by atoms with van der Waals surface area (Å²) >= 11 is 0. The Kier molecular flexibility index (Phi) is 4.70. The summed E-state index contributed by atoms with van der Waals surface area (Å²) in [6, 6.07) is 11.7. The number of hydrogen-bond donors (Lipinski definition) is 0. The van der Waals surface area contributed by atoms with Gasteiger partial charge in [-0.05, 0) is 43.7 Å². The first-order chi connectivity index (χ1) is 11.9. The van der Waals surface area contributed by atoms with Crippen molar-refractivity contribution in [3.05, 3.63) is 70.8 Å². The normalized spacial score (nSPS) is 10.9. The van der Waals surface area contributed by atoms with Gasteiger partial charge in [-0.2, -0.15) is 10.2 Å². The van der Waals surface area contributed by atoms with Crippen LogP contribution in [0.4, 0.5) is 0 Å². The molecule has 0 spiro atoms. The Morgan fingerprint density at radius 1 is 1.16 bits per heavy atom. The maximum atomic E-state index is 12.6. The molecule has 2 heterocycles. The highest BCUT2D eigenvalue weighted by atomic mass is 16.2. The lowest BCUT2D eigenvalue weighted by Gasteiger charge is -2.17. The third kappa shape index (κ3) is 3.79. The first-order valence-corrected chi connectivity index (χ1v) is 8.26. The highest BCUT2D eigenvalue weighted by molar-refractivity contribution is 5.94. The Morgan fingerprint density at radius 2 is 1.88 bits per heavy atom. The Balaban J connectivity index is 1.68. The van der Waals surface area contributed by atoms with Crippen molar-refractivity contribution >= 4 is 5.91 Å². The van der Waals surface area contributed by atoms with Crippen LogP contribution in [0.3, 0.4) is 0 Å². The first kappa shape index (κ1) is 17.0. The van der Waals surface area contributed by atoms with E-state index in [0.717, 1.165) is 22.6 Å². The van der Waals surface area contributed by atoms with Gasteiger partial charge in [-0.1, -0.05) is 12.1 Å². The highest BCUT2D eigenvalue weighted by Gasteiger charge is 2.13. The highest BCUT2D eigenvalue weighted by Crippen LogP contribution is 2.12. The van der Waals surface area contributed by atoms with Gasteiger partial charge in [-0.15, -0.1) is 0 Å². The van der Waals surface area contributed by atoms with E-state index in [1.807, 2.05) is 55.9 Å². The fourth-order valence-electron chi connectivity index (χ4n) is 2.85. The summed E-state index contributed by atoms with van der Waals surface area (Å²) in [4.78, 5) is 14.3. The van der Waals surface area contributed by atoms with Gasteiger partial charge in [0.25, 0.3) is 5.91 Å². The van der Waals surface area contributed by atoms with Crippen LogP contribution in [0.15, 0.2) is 42.6 Å². The molecule has 25 heavy (non-hydrogen) atoms. The number of aromatic nitrogens is 4. The van der Waals surface area contributed by atoms with Crippen LogP contribution < -0.4 is 0 Å². The van der Waals surface area contributed by atoms with Crippen LogP contribution in [0.25, 0.3) is 0 Å². The Morgan fingerprint density at radius 3 is 2.44 bits per heavy atom. The molecule has 0 aliphatic carbocycles. The standard InChI is InChI=1S/C19H23N5O/c1-14-11-15(2)24(21-14)12-16-5-7-17(8-6-16)19(25)22(3)13-18-9-10-20-23(18)4/h5-11H,12-13H2,1-4H3. The van der Waals surface area contributed by atoms with E-state index < -0.39 is 0 Å². The van der Waals surface area contributed by atoms with E-state index in [0.29, 0.717) is 18.7 Å². The van der Waals surface area contributed by atoms with Crippen LogP contribution in [0.1, 0.15) is 33.0 Å². The lowest BCUT2D eigenvalue weighted by Crippen LogP contribution is -2.27. The number of carbonyl (C=O) groups excluding carboxylic acids is 1. The molecule has 0 saturated carbocycles. The van der Waals surface area contributed by atoms with Crippen molar-refractivity contribution in [3.63, 3.8) is 0 Å². The zero-order chi connectivity index (χ0) is 18.0. The number of rotatable bonds is 5. The van der Waals surface area contributed by atoms with Crippen LogP contribution in [0, 0.1) is 13.8 Å². The van der Waals surface area contributed by atoms with Gasteiger partial charge in [0.1, 0.15) is 0 Å². The molecular weight excluding hydrogens is 314 g/mol. The minimum absolute atomic E-state index is 0.00105. The van der Waals surface area contributed by atoms with Crippen molar-refractivity contribution in [1.82, 2.24) is 24.5 Å². The molecule has 3 rings (SSSR count). The van der Waals surface area contributed by atoms with Crippen molar-refractivity contribution in [2.75, 3.05) is 7.05 Å². The molecule has 0 bridgehead atoms. The number of amides is 1. The number of carbonyl (C=O) groups is 1. The minimum Gasteiger partial charge on any atom is -0.336 e. The lowest BCUT2D eigenvalue weighted by atomic mass is 10.1. The third-order valence-electron chi connectivity index (χ3n) is 4.30. The van der Waals surface area contributed by atoms with Gasteiger partial charge >= 0.3 is 0 Å². The van der Waals surface area contributed by atoms with Gasteiger partial charge < -0.3 is 4.90 Å². The van der Waals surface area contributed by atoms with Gasteiger partial charge in [0.2, 0.25) is 0 Å². The van der Waals surface area contributed by atoms with Crippen LogP contribution in [0.2, 0.25) is 0 Å². The molecule has 6 nitrogen and oxygen atoms in total. The van der Waals surface area contributed by atoms with Crippen LogP contribution in [-0.4, -0.2) is 37.4 Å². The maximum absolute atomic E-state index is 12.6. The van der Waals surface area contributed by atoms with Crippen LogP contribution in [-0.2, 0) is 20.1 Å². The summed E-state index contributed by atoms with van der Waals surface area (Å²) in [6.45, 7) is 5.27. The topological polar surface area (TPSA) is 56.0 Å². The molecular formula is C19H23N5O. The molecule has 0 aliphatic rings. The molecule has 0 aliphatic heterocycles. The monoisotopic (exact) mass is 337 g/mol. The molecule has 0 saturated heterocycles. The molecule has 130 valence electrons. The van der Waals surface area contributed by atoms with Gasteiger partial charge in [0, 0.05) is 31.5 Å². The minimum atomic E-state index is -0.00105. The predicted octanol–water partition coefficient (Wildman–Crippen LogP) is 2.55. The van der Waals surface area contributed by atoms with Crippen molar-refractivity contribution in [2.24, 2.45) is 7.05 Å². The first-order valence-electron chi connectivity index (χ1n) is 8.26. The van der Waals surface area contributed by atoms with E-state index in [4.69, 9.17) is 0 Å². The second-order valence-corrected chi connectivity index (χ2v) is 6.39. The molecule has 2 aromatic heterocycles. The third-order valence-corrected chi connectivity index (χ3v) is 4.30. The summed E-state index contributed by atoms with van der Waals surface area (Å²) in [7, 11) is 3.68. The van der Waals surface area contributed by atoms with Crippen molar-refractivity contribution < 1.29 is 4.79 Å². The molecule has 0 fully saturated rings. The summed E-state index contributed by atoms with van der Waals surface area (Å²) < 4.78 is 3.75. The number of nitrogens with zero attached hydrogens (tertiary/aromatic N) is 5. The summed E-state index contributed by atoms with van der Waals surface area (Å²) in [6.07, 6.45) is 1.74. The quantitative estimate of drug-likeness (QED) is 0.719. The average Bonchev–Trinajstić information content (AvgIpc) is 3.12. The molecule has 0 radical (unpaired) electrons. The predicted molar refractivity (Wildman–Crippen MR) is 96.3 cm³/mol. The zero-order valence-electron chi connectivity index (χ0n) is 15.1. The molecule has 0 atom stereocenters. The summed E-state index contributed by atoms with van der Waals surface area (Å²) in [5, 5.41) is 8.61. The van der Waals surface area contributed by atoms with Crippen molar-refractivity contribution in [1.29, 1.82) is 0 Å². The molecule has 6 heteroatoms. The van der Waals surface area contributed by atoms with Crippen molar-refractivity contribution in [3.8, 4) is 0 Å². The Bertz CT molecular complexity index is 876. The number of benzene rings is 1. The average molecular weight is 337 g/mol. The number of aryl methyl sites for hydroxylation is 3. The van der Waals surface area contributed by atoms with E-state index in [1.165, 1.54) is 0 Å². The zero-order valence-corrected chi connectivity index (χ0v) is 15.1. The Labute approximate surface area is 147 Å². The summed E-state index contributed by atoms with van der Waals surface area (Å²) in [5.74, 6) is -0.00105. The maximum Gasteiger partial charge on any atom is 0.253 e. The van der Waals surface area contributed by atoms with Gasteiger partial charge in [-0.25, -0.2) is 0 Å². The van der Waals surface area contributed by atoms with E-state index in [9.17, 15) is 4.79 Å².